The first kappa shape index (κ1) is 18.1. The topological polar surface area (TPSA) is 77.6 Å². The van der Waals surface area contributed by atoms with Crippen molar-refractivity contribution in [2.24, 2.45) is 5.92 Å². The summed E-state index contributed by atoms with van der Waals surface area (Å²) >= 11 is 0. The van der Waals surface area contributed by atoms with Crippen LogP contribution in [-0.2, 0) is 19.1 Å². The van der Waals surface area contributed by atoms with Gasteiger partial charge in [-0.1, -0.05) is 36.4 Å². The van der Waals surface area contributed by atoms with Crippen molar-refractivity contribution in [2.45, 2.75) is 25.6 Å². The maximum atomic E-state index is 12.9. The third-order valence-electron chi connectivity index (χ3n) is 4.96. The summed E-state index contributed by atoms with van der Waals surface area (Å²) in [6.07, 6.45) is 1.82. The average Bonchev–Trinajstić information content (AvgIpc) is 3.07. The van der Waals surface area contributed by atoms with Gasteiger partial charge < -0.3 is 19.2 Å². The molecule has 0 saturated carbocycles. The molecule has 1 aliphatic rings. The lowest BCUT2D eigenvalue weighted by Crippen LogP contribution is -2.48. The molecule has 6 nitrogen and oxygen atoms in total. The monoisotopic (exact) mass is 379 g/mol. The fourth-order valence-corrected chi connectivity index (χ4v) is 3.80. The van der Waals surface area contributed by atoms with E-state index in [0.717, 1.165) is 16.5 Å². The molecule has 4 rings (SSSR count). The summed E-state index contributed by atoms with van der Waals surface area (Å²) in [4.78, 5) is 29.0. The molecule has 1 fully saturated rings. The van der Waals surface area contributed by atoms with Crippen LogP contribution in [0.25, 0.3) is 10.9 Å². The number of rotatable bonds is 4. The Morgan fingerprint density at radius 3 is 2.32 bits per heavy atom. The fourth-order valence-electron chi connectivity index (χ4n) is 3.80. The largest absolute Gasteiger partial charge is 0.496 e. The Labute approximate surface area is 162 Å². The molecule has 2 aromatic carbocycles. The van der Waals surface area contributed by atoms with Gasteiger partial charge in [-0.2, -0.15) is 0 Å². The summed E-state index contributed by atoms with van der Waals surface area (Å²) in [5, 5.41) is 0.920. The zero-order chi connectivity index (χ0) is 19.9. The summed E-state index contributed by atoms with van der Waals surface area (Å²) in [5.74, 6) is -3.67. The van der Waals surface area contributed by atoms with Gasteiger partial charge in [0.05, 0.1) is 7.11 Å². The van der Waals surface area contributed by atoms with E-state index in [9.17, 15) is 9.59 Å². The minimum absolute atomic E-state index is 0.586. The molecule has 0 amide bonds. The number of carbonyl (C=O) groups excluding carboxylic acids is 2. The van der Waals surface area contributed by atoms with Crippen LogP contribution < -0.4 is 4.74 Å². The minimum Gasteiger partial charge on any atom is -0.496 e. The summed E-state index contributed by atoms with van der Waals surface area (Å²) in [6.45, 7) is 3.09. The lowest BCUT2D eigenvalue weighted by molar-refractivity contribution is -0.240. The molecule has 1 N–H and O–H groups in total. The van der Waals surface area contributed by atoms with Crippen LogP contribution in [0.4, 0.5) is 0 Å². The van der Waals surface area contributed by atoms with Gasteiger partial charge in [-0.15, -0.1) is 0 Å². The molecule has 0 radical (unpaired) electrons. The highest BCUT2D eigenvalue weighted by molar-refractivity contribution is 5.99. The number of aromatic nitrogens is 1. The molecule has 144 valence electrons. The van der Waals surface area contributed by atoms with Crippen molar-refractivity contribution in [1.82, 2.24) is 4.98 Å². The van der Waals surface area contributed by atoms with E-state index in [4.69, 9.17) is 14.2 Å². The van der Waals surface area contributed by atoms with Crippen LogP contribution in [0.3, 0.4) is 0 Å². The van der Waals surface area contributed by atoms with Gasteiger partial charge in [-0.3, -0.25) is 9.59 Å². The Bertz CT molecular complexity index is 1030. The van der Waals surface area contributed by atoms with E-state index in [1.54, 1.807) is 27.0 Å². The van der Waals surface area contributed by atoms with E-state index in [-0.39, 0.29) is 0 Å². The quantitative estimate of drug-likeness (QED) is 0.552. The summed E-state index contributed by atoms with van der Waals surface area (Å²) in [5.41, 5.74) is 2.43. The van der Waals surface area contributed by atoms with Gasteiger partial charge in [0, 0.05) is 42.4 Å². The van der Waals surface area contributed by atoms with E-state index in [0.29, 0.717) is 11.3 Å². The van der Waals surface area contributed by atoms with E-state index in [2.05, 4.69) is 4.98 Å². The van der Waals surface area contributed by atoms with Gasteiger partial charge in [0.25, 0.3) is 5.79 Å². The number of hydrogen-bond donors (Lipinski definition) is 1. The Morgan fingerprint density at radius 1 is 0.964 bits per heavy atom. The number of nitrogens with one attached hydrogen (secondary N) is 1. The van der Waals surface area contributed by atoms with Gasteiger partial charge in [-0.05, 0) is 17.7 Å². The number of para-hydroxylation sites is 2. The van der Waals surface area contributed by atoms with Crippen LogP contribution in [0.2, 0.25) is 0 Å². The molecular formula is C22H21NO5. The highest BCUT2D eigenvalue weighted by Gasteiger charge is 2.49. The first-order valence-electron chi connectivity index (χ1n) is 9.06. The second-order valence-corrected chi connectivity index (χ2v) is 7.23. The van der Waals surface area contributed by atoms with Crippen molar-refractivity contribution < 1.29 is 23.8 Å². The molecule has 1 saturated heterocycles. The van der Waals surface area contributed by atoms with Gasteiger partial charge >= 0.3 is 11.9 Å². The van der Waals surface area contributed by atoms with Crippen LogP contribution in [-0.4, -0.2) is 29.8 Å². The summed E-state index contributed by atoms with van der Waals surface area (Å²) in [6, 6.07) is 15.1. The standard InChI is InChI=1S/C22H21NO5/c1-22(2)27-20(24)19(21(25)28-22)18(14-9-5-7-11-17(14)26-3)15-12-23-16-10-6-4-8-13(15)16/h4-12,18-19,23H,1-3H3/t18-/m0/s1. The highest BCUT2D eigenvalue weighted by Crippen LogP contribution is 2.43. The SMILES string of the molecule is COc1ccccc1[C@@H](c1c[nH]c2ccccc12)C1C(=O)OC(C)(C)OC1=O. The van der Waals surface area contributed by atoms with Crippen LogP contribution in [0.5, 0.6) is 5.75 Å². The number of H-pyrrole nitrogens is 1. The lowest BCUT2D eigenvalue weighted by Gasteiger charge is -2.36. The lowest BCUT2D eigenvalue weighted by atomic mass is 9.79. The Balaban J connectivity index is 1.92. The Hall–Kier alpha value is -3.28. The second kappa shape index (κ2) is 6.71. The number of carbonyl (C=O) groups is 2. The zero-order valence-corrected chi connectivity index (χ0v) is 15.9. The van der Waals surface area contributed by atoms with Crippen LogP contribution in [0.1, 0.15) is 30.9 Å². The zero-order valence-electron chi connectivity index (χ0n) is 15.9. The van der Waals surface area contributed by atoms with E-state index >= 15 is 0 Å². The predicted octanol–water partition coefficient (Wildman–Crippen LogP) is 3.76. The molecule has 1 atom stereocenters. The van der Waals surface area contributed by atoms with E-state index < -0.39 is 29.6 Å². The van der Waals surface area contributed by atoms with Crippen LogP contribution >= 0.6 is 0 Å². The first-order chi connectivity index (χ1) is 13.4. The third kappa shape index (κ3) is 3.01. The normalized spacial score (nSPS) is 17.8. The van der Waals surface area contributed by atoms with Crippen LogP contribution in [0.15, 0.2) is 54.7 Å². The molecule has 1 aliphatic heterocycles. The van der Waals surface area contributed by atoms with Crippen LogP contribution in [0, 0.1) is 5.92 Å². The van der Waals surface area contributed by atoms with Crippen molar-refractivity contribution in [1.29, 1.82) is 0 Å². The molecule has 0 unspecified atom stereocenters. The number of fused-ring (bicyclic) bond motifs is 1. The molecule has 1 aromatic heterocycles. The van der Waals surface area contributed by atoms with Crippen molar-refractivity contribution in [3.63, 3.8) is 0 Å². The van der Waals surface area contributed by atoms with Gasteiger partial charge in [0.1, 0.15) is 5.75 Å². The van der Waals surface area contributed by atoms with Gasteiger partial charge in [0.15, 0.2) is 5.92 Å². The molecule has 3 aromatic rings. The van der Waals surface area contributed by atoms with E-state index in [1.807, 2.05) is 48.7 Å². The predicted molar refractivity (Wildman–Crippen MR) is 103 cm³/mol. The summed E-state index contributed by atoms with van der Waals surface area (Å²) < 4.78 is 16.3. The molecule has 2 heterocycles. The molecular weight excluding hydrogens is 358 g/mol. The number of hydrogen-bond acceptors (Lipinski definition) is 5. The van der Waals surface area contributed by atoms with Gasteiger partial charge in [0.2, 0.25) is 0 Å². The maximum Gasteiger partial charge on any atom is 0.324 e. The van der Waals surface area contributed by atoms with Crippen molar-refractivity contribution >= 4 is 22.8 Å². The number of cyclic esters (lactones) is 2. The number of esters is 2. The molecule has 28 heavy (non-hydrogen) atoms. The van der Waals surface area contributed by atoms with Crippen molar-refractivity contribution in [2.75, 3.05) is 7.11 Å². The number of aromatic amines is 1. The third-order valence-corrected chi connectivity index (χ3v) is 4.96. The number of ether oxygens (including phenoxy) is 3. The summed E-state index contributed by atoms with van der Waals surface area (Å²) in [7, 11) is 1.56. The van der Waals surface area contributed by atoms with Gasteiger partial charge in [-0.25, -0.2) is 0 Å². The van der Waals surface area contributed by atoms with Crippen molar-refractivity contribution in [3.8, 4) is 5.75 Å². The second-order valence-electron chi connectivity index (χ2n) is 7.23. The number of methoxy groups -OCH3 is 1. The van der Waals surface area contributed by atoms with E-state index in [1.165, 1.54) is 0 Å². The average molecular weight is 379 g/mol. The number of benzene rings is 2. The minimum atomic E-state index is -1.28. The molecule has 6 heteroatoms. The Morgan fingerprint density at radius 2 is 1.61 bits per heavy atom. The highest BCUT2D eigenvalue weighted by atomic mass is 16.7. The first-order valence-corrected chi connectivity index (χ1v) is 9.06. The molecule has 0 bridgehead atoms. The van der Waals surface area contributed by atoms with Crippen molar-refractivity contribution in [3.05, 3.63) is 65.9 Å². The molecule has 0 spiro atoms. The Kier molecular flexibility index (Phi) is 4.34. The fraction of sp³-hybridized carbons (Fsp3) is 0.273. The maximum absolute atomic E-state index is 12.9. The molecule has 0 aliphatic carbocycles. The smallest absolute Gasteiger partial charge is 0.324 e.